The van der Waals surface area contributed by atoms with Crippen molar-refractivity contribution >= 4 is 17.0 Å². The van der Waals surface area contributed by atoms with Gasteiger partial charge in [0.25, 0.3) is 0 Å². The molecule has 0 bridgehead atoms. The van der Waals surface area contributed by atoms with Crippen molar-refractivity contribution in [2.75, 3.05) is 12.8 Å². The molecular formula is C23H21F2N3O3. The number of benzene rings is 3. The molecule has 0 spiro atoms. The van der Waals surface area contributed by atoms with Gasteiger partial charge in [-0.25, -0.2) is 4.98 Å². The number of nitrogens with zero attached hydrogens (tertiary/aromatic N) is 2. The Bertz CT molecular complexity index is 1180. The van der Waals surface area contributed by atoms with Crippen molar-refractivity contribution in [2.24, 2.45) is 0 Å². The summed E-state index contributed by atoms with van der Waals surface area (Å²) < 4.78 is 42.1. The molecule has 6 nitrogen and oxygen atoms in total. The number of imidazole rings is 1. The molecule has 160 valence electrons. The minimum atomic E-state index is -2.85. The summed E-state index contributed by atoms with van der Waals surface area (Å²) in [6.45, 7) is -2.06. The normalized spacial score (nSPS) is 11.1. The van der Waals surface area contributed by atoms with Gasteiger partial charge in [-0.2, -0.15) is 8.78 Å². The van der Waals surface area contributed by atoms with E-state index >= 15 is 0 Å². The molecule has 0 aliphatic carbocycles. The van der Waals surface area contributed by atoms with E-state index in [0.717, 1.165) is 22.2 Å². The molecule has 1 heterocycles. The molecule has 0 amide bonds. The molecule has 3 aromatic carbocycles. The fourth-order valence-corrected chi connectivity index (χ4v) is 3.30. The van der Waals surface area contributed by atoms with E-state index < -0.39 is 6.61 Å². The molecule has 0 fully saturated rings. The van der Waals surface area contributed by atoms with Crippen LogP contribution in [0.3, 0.4) is 0 Å². The third-order valence-corrected chi connectivity index (χ3v) is 4.80. The molecule has 31 heavy (non-hydrogen) atoms. The van der Waals surface area contributed by atoms with Crippen molar-refractivity contribution in [3.8, 4) is 17.2 Å². The Labute approximate surface area is 177 Å². The second kappa shape index (κ2) is 8.91. The van der Waals surface area contributed by atoms with Crippen molar-refractivity contribution in [1.29, 1.82) is 0 Å². The highest BCUT2D eigenvalue weighted by atomic mass is 19.3. The first-order valence-corrected chi connectivity index (χ1v) is 9.57. The number of hydrogen-bond donors (Lipinski definition) is 1. The maximum absolute atomic E-state index is 12.3. The molecule has 1 aromatic heterocycles. The number of methoxy groups -OCH3 is 1. The zero-order chi connectivity index (χ0) is 21.8. The highest BCUT2D eigenvalue weighted by Crippen LogP contribution is 2.30. The van der Waals surface area contributed by atoms with Crippen LogP contribution in [0.4, 0.5) is 14.7 Å². The lowest BCUT2D eigenvalue weighted by atomic mass is 10.2. The Morgan fingerprint density at radius 3 is 2.45 bits per heavy atom. The summed E-state index contributed by atoms with van der Waals surface area (Å²) in [7, 11) is 1.57. The second-order valence-corrected chi connectivity index (χ2v) is 6.84. The summed E-state index contributed by atoms with van der Waals surface area (Å²) >= 11 is 0. The average Bonchev–Trinajstić information content (AvgIpc) is 3.08. The van der Waals surface area contributed by atoms with Crippen LogP contribution >= 0.6 is 0 Å². The molecule has 0 saturated heterocycles. The van der Waals surface area contributed by atoms with Gasteiger partial charge in [0.1, 0.15) is 12.4 Å². The molecule has 2 N–H and O–H groups in total. The number of fused-ring (bicyclic) bond motifs is 1. The van der Waals surface area contributed by atoms with Gasteiger partial charge in [-0.05, 0) is 47.5 Å². The monoisotopic (exact) mass is 425 g/mol. The van der Waals surface area contributed by atoms with E-state index in [4.69, 9.17) is 15.2 Å². The smallest absolute Gasteiger partial charge is 0.387 e. The zero-order valence-electron chi connectivity index (χ0n) is 16.8. The average molecular weight is 425 g/mol. The van der Waals surface area contributed by atoms with E-state index in [2.05, 4.69) is 9.72 Å². The minimum Gasteiger partial charge on any atom is -0.493 e. The van der Waals surface area contributed by atoms with Gasteiger partial charge in [0, 0.05) is 0 Å². The molecule has 4 rings (SSSR count). The summed E-state index contributed by atoms with van der Waals surface area (Å²) in [5.74, 6) is 1.70. The van der Waals surface area contributed by atoms with E-state index in [-0.39, 0.29) is 12.4 Å². The van der Waals surface area contributed by atoms with E-state index in [1.54, 1.807) is 19.2 Å². The Hall–Kier alpha value is -3.81. The maximum Gasteiger partial charge on any atom is 0.387 e. The largest absolute Gasteiger partial charge is 0.493 e. The lowest BCUT2D eigenvalue weighted by Gasteiger charge is -2.13. The highest BCUT2D eigenvalue weighted by molar-refractivity contribution is 5.78. The van der Waals surface area contributed by atoms with Crippen LogP contribution < -0.4 is 19.9 Å². The summed E-state index contributed by atoms with van der Waals surface area (Å²) in [6, 6.07) is 19.7. The molecule has 0 saturated carbocycles. The molecule has 4 aromatic rings. The summed E-state index contributed by atoms with van der Waals surface area (Å²) in [4.78, 5) is 4.39. The molecule has 0 radical (unpaired) electrons. The van der Waals surface area contributed by atoms with Gasteiger partial charge in [0.15, 0.2) is 11.5 Å². The molecule has 0 atom stereocenters. The minimum absolute atomic E-state index is 0.104. The quantitative estimate of drug-likeness (QED) is 0.437. The van der Waals surface area contributed by atoms with Gasteiger partial charge in [-0.1, -0.05) is 30.3 Å². The van der Waals surface area contributed by atoms with Gasteiger partial charge in [0.2, 0.25) is 5.95 Å². The number of halogens is 2. The first-order valence-electron chi connectivity index (χ1n) is 9.57. The highest BCUT2D eigenvalue weighted by Gasteiger charge is 2.11. The molecule has 8 heteroatoms. The lowest BCUT2D eigenvalue weighted by Crippen LogP contribution is -2.05. The van der Waals surface area contributed by atoms with Crippen molar-refractivity contribution in [1.82, 2.24) is 9.55 Å². The van der Waals surface area contributed by atoms with Gasteiger partial charge >= 0.3 is 6.61 Å². The third-order valence-electron chi connectivity index (χ3n) is 4.80. The molecule has 0 aliphatic heterocycles. The van der Waals surface area contributed by atoms with Crippen molar-refractivity contribution in [2.45, 2.75) is 19.8 Å². The van der Waals surface area contributed by atoms with E-state index in [1.807, 2.05) is 47.0 Å². The Morgan fingerprint density at radius 2 is 1.71 bits per heavy atom. The fraction of sp³-hybridized carbons (Fsp3) is 0.174. The van der Waals surface area contributed by atoms with Gasteiger partial charge in [-0.3, -0.25) is 0 Å². The fourth-order valence-electron chi connectivity index (χ4n) is 3.30. The van der Waals surface area contributed by atoms with E-state index in [1.165, 1.54) is 12.1 Å². The van der Waals surface area contributed by atoms with Gasteiger partial charge in [-0.15, -0.1) is 0 Å². The van der Waals surface area contributed by atoms with Gasteiger partial charge in [0.05, 0.1) is 24.7 Å². The predicted molar refractivity (Wildman–Crippen MR) is 114 cm³/mol. The Kier molecular flexibility index (Phi) is 5.88. The second-order valence-electron chi connectivity index (χ2n) is 6.84. The molecular weight excluding hydrogens is 404 g/mol. The maximum atomic E-state index is 12.3. The number of hydrogen-bond acceptors (Lipinski definition) is 5. The topological polar surface area (TPSA) is 71.5 Å². The number of alkyl halides is 2. The first kappa shape index (κ1) is 20.5. The standard InChI is InChI=1S/C23H21F2N3O3/c1-29-21-12-16(13-28-19-5-3-2-4-18(19)27-23(28)26)8-11-20(21)30-14-15-6-9-17(10-7-15)31-22(24)25/h2-12,22H,13-14H2,1H3,(H2,26,27). The Balaban J connectivity index is 1.47. The number of anilines is 1. The van der Waals surface area contributed by atoms with E-state index in [0.29, 0.717) is 24.0 Å². The zero-order valence-corrected chi connectivity index (χ0v) is 16.8. The van der Waals surface area contributed by atoms with Gasteiger partial charge < -0.3 is 24.5 Å². The van der Waals surface area contributed by atoms with Crippen LogP contribution in [0.25, 0.3) is 11.0 Å². The predicted octanol–water partition coefficient (Wildman–Crippen LogP) is 4.86. The van der Waals surface area contributed by atoms with Crippen LogP contribution in [0.1, 0.15) is 11.1 Å². The SMILES string of the molecule is COc1cc(Cn2c(N)nc3ccccc32)ccc1OCc1ccc(OC(F)F)cc1. The first-order chi connectivity index (χ1) is 15.0. The summed E-state index contributed by atoms with van der Waals surface area (Å²) in [6.07, 6.45) is 0. The number of ether oxygens (including phenoxy) is 3. The summed E-state index contributed by atoms with van der Waals surface area (Å²) in [5, 5.41) is 0. The summed E-state index contributed by atoms with van der Waals surface area (Å²) in [5.41, 5.74) is 9.69. The van der Waals surface area contributed by atoms with E-state index in [9.17, 15) is 8.78 Å². The van der Waals surface area contributed by atoms with Crippen LogP contribution in [0.15, 0.2) is 66.7 Å². The number of nitrogens with two attached hydrogens (primary N) is 1. The Morgan fingerprint density at radius 1 is 0.968 bits per heavy atom. The number of para-hydroxylation sites is 2. The number of rotatable bonds is 8. The van der Waals surface area contributed by atoms with Crippen LogP contribution in [0.2, 0.25) is 0 Å². The van der Waals surface area contributed by atoms with Crippen LogP contribution in [0.5, 0.6) is 17.2 Å². The lowest BCUT2D eigenvalue weighted by molar-refractivity contribution is -0.0498. The number of aromatic nitrogens is 2. The third kappa shape index (κ3) is 4.69. The van der Waals surface area contributed by atoms with Crippen LogP contribution in [-0.4, -0.2) is 23.3 Å². The molecule has 0 unspecified atom stereocenters. The van der Waals surface area contributed by atoms with Crippen LogP contribution in [0, 0.1) is 0 Å². The van der Waals surface area contributed by atoms with Crippen molar-refractivity contribution in [3.05, 3.63) is 77.9 Å². The van der Waals surface area contributed by atoms with Crippen molar-refractivity contribution < 1.29 is 23.0 Å². The van der Waals surface area contributed by atoms with Crippen molar-refractivity contribution in [3.63, 3.8) is 0 Å². The number of nitrogen functional groups attached to an aromatic ring is 1. The molecule has 0 aliphatic rings. The van der Waals surface area contributed by atoms with Crippen LogP contribution in [-0.2, 0) is 13.2 Å².